The first kappa shape index (κ1) is 14.0. The summed E-state index contributed by atoms with van der Waals surface area (Å²) in [7, 11) is 0. The van der Waals surface area contributed by atoms with E-state index in [2.05, 4.69) is 24.9 Å². The van der Waals surface area contributed by atoms with Gasteiger partial charge in [0, 0.05) is 17.5 Å². The number of hydrogen-bond donors (Lipinski definition) is 2. The molecule has 0 aliphatic heterocycles. The Hall–Kier alpha value is -1.45. The molecule has 19 heavy (non-hydrogen) atoms. The minimum atomic E-state index is -0.432. The number of benzene rings is 1. The Labute approximate surface area is 114 Å². The van der Waals surface area contributed by atoms with Crippen molar-refractivity contribution in [1.29, 1.82) is 0 Å². The van der Waals surface area contributed by atoms with Gasteiger partial charge < -0.3 is 10.8 Å². The number of fused-ring (bicyclic) bond motifs is 1. The van der Waals surface area contributed by atoms with E-state index in [1.54, 1.807) is 0 Å². The number of aliphatic hydroxyl groups is 1. The summed E-state index contributed by atoms with van der Waals surface area (Å²) in [5, 5.41) is 11.4. The fraction of sp³-hybridized carbons (Fsp3) is 0.438. The van der Waals surface area contributed by atoms with E-state index >= 15 is 0 Å². The molecule has 0 saturated heterocycles. The molecule has 2 atom stereocenters. The number of aromatic nitrogens is 1. The SMILES string of the molecule is CC(C)C(CN)C(O)Cc1ccc2ccccc2n1. The van der Waals surface area contributed by atoms with Crippen molar-refractivity contribution in [3.05, 3.63) is 42.1 Å². The van der Waals surface area contributed by atoms with Crippen molar-refractivity contribution in [2.75, 3.05) is 6.54 Å². The second-order valence-corrected chi connectivity index (χ2v) is 5.41. The van der Waals surface area contributed by atoms with E-state index in [4.69, 9.17) is 5.73 Å². The van der Waals surface area contributed by atoms with Crippen LogP contribution in [0.3, 0.4) is 0 Å². The van der Waals surface area contributed by atoms with Crippen molar-refractivity contribution in [3.63, 3.8) is 0 Å². The third-order valence-corrected chi connectivity index (χ3v) is 3.70. The first-order valence-electron chi connectivity index (χ1n) is 6.84. The molecule has 1 aromatic carbocycles. The third kappa shape index (κ3) is 3.31. The van der Waals surface area contributed by atoms with Crippen molar-refractivity contribution in [2.24, 2.45) is 17.6 Å². The zero-order valence-corrected chi connectivity index (χ0v) is 11.6. The number of nitrogens with two attached hydrogens (primary N) is 1. The first-order valence-corrected chi connectivity index (χ1v) is 6.84. The highest BCUT2D eigenvalue weighted by Gasteiger charge is 2.21. The minimum Gasteiger partial charge on any atom is -0.392 e. The molecule has 2 rings (SSSR count). The summed E-state index contributed by atoms with van der Waals surface area (Å²) in [4.78, 5) is 4.59. The van der Waals surface area contributed by atoms with Crippen molar-refractivity contribution < 1.29 is 5.11 Å². The van der Waals surface area contributed by atoms with Crippen LogP contribution in [0.1, 0.15) is 19.5 Å². The van der Waals surface area contributed by atoms with Gasteiger partial charge in [-0.1, -0.05) is 38.1 Å². The molecule has 0 aliphatic carbocycles. The Morgan fingerprint density at radius 3 is 2.58 bits per heavy atom. The summed E-state index contributed by atoms with van der Waals surface area (Å²) in [6.07, 6.45) is 0.129. The summed E-state index contributed by atoms with van der Waals surface area (Å²) in [6.45, 7) is 4.69. The highest BCUT2D eigenvalue weighted by atomic mass is 16.3. The maximum Gasteiger partial charge on any atom is 0.0705 e. The van der Waals surface area contributed by atoms with E-state index in [0.29, 0.717) is 18.9 Å². The molecule has 0 amide bonds. The predicted molar refractivity (Wildman–Crippen MR) is 78.8 cm³/mol. The second-order valence-electron chi connectivity index (χ2n) is 5.41. The largest absolute Gasteiger partial charge is 0.392 e. The summed E-state index contributed by atoms with van der Waals surface area (Å²) < 4.78 is 0. The molecule has 2 aromatic rings. The molecule has 0 bridgehead atoms. The Bertz CT molecular complexity index is 539. The number of nitrogens with zero attached hydrogens (tertiary/aromatic N) is 1. The quantitative estimate of drug-likeness (QED) is 0.865. The molecule has 0 aliphatic rings. The molecule has 3 N–H and O–H groups in total. The minimum absolute atomic E-state index is 0.119. The van der Waals surface area contributed by atoms with Gasteiger partial charge in [0.05, 0.1) is 11.6 Å². The zero-order valence-electron chi connectivity index (χ0n) is 11.6. The lowest BCUT2D eigenvalue weighted by molar-refractivity contribution is 0.0856. The number of rotatable bonds is 5. The van der Waals surface area contributed by atoms with Gasteiger partial charge in [-0.25, -0.2) is 0 Å². The van der Waals surface area contributed by atoms with Crippen LogP contribution < -0.4 is 5.73 Å². The molecule has 0 spiro atoms. The molecule has 2 unspecified atom stereocenters. The molecule has 0 fully saturated rings. The number of pyridine rings is 1. The second kappa shape index (κ2) is 6.13. The van der Waals surface area contributed by atoms with Crippen LogP contribution in [0.4, 0.5) is 0 Å². The monoisotopic (exact) mass is 258 g/mol. The summed E-state index contributed by atoms with van der Waals surface area (Å²) >= 11 is 0. The molecule has 1 aromatic heterocycles. The highest BCUT2D eigenvalue weighted by molar-refractivity contribution is 5.78. The fourth-order valence-electron chi connectivity index (χ4n) is 2.46. The van der Waals surface area contributed by atoms with Gasteiger partial charge >= 0.3 is 0 Å². The molecule has 0 radical (unpaired) electrons. The van der Waals surface area contributed by atoms with E-state index in [0.717, 1.165) is 16.6 Å². The highest BCUT2D eigenvalue weighted by Crippen LogP contribution is 2.19. The average Bonchev–Trinajstić information content (AvgIpc) is 2.39. The molecular formula is C16H22N2O. The normalized spacial score (nSPS) is 14.8. The van der Waals surface area contributed by atoms with Gasteiger partial charge in [0.15, 0.2) is 0 Å². The van der Waals surface area contributed by atoms with Crippen LogP contribution in [0.5, 0.6) is 0 Å². The van der Waals surface area contributed by atoms with Crippen LogP contribution >= 0.6 is 0 Å². The first-order chi connectivity index (χ1) is 9.11. The van der Waals surface area contributed by atoms with Crippen molar-refractivity contribution in [2.45, 2.75) is 26.4 Å². The lowest BCUT2D eigenvalue weighted by atomic mass is 9.88. The van der Waals surface area contributed by atoms with E-state index < -0.39 is 6.10 Å². The van der Waals surface area contributed by atoms with E-state index in [1.165, 1.54) is 0 Å². The number of aliphatic hydroxyl groups excluding tert-OH is 1. The van der Waals surface area contributed by atoms with Crippen molar-refractivity contribution in [3.8, 4) is 0 Å². The van der Waals surface area contributed by atoms with Crippen molar-refractivity contribution >= 4 is 10.9 Å². The van der Waals surface area contributed by atoms with Gasteiger partial charge in [-0.15, -0.1) is 0 Å². The molecular weight excluding hydrogens is 236 g/mol. The topological polar surface area (TPSA) is 59.1 Å². The van der Waals surface area contributed by atoms with Gasteiger partial charge in [-0.3, -0.25) is 4.98 Å². The number of para-hydroxylation sites is 1. The molecule has 0 saturated carbocycles. The van der Waals surface area contributed by atoms with E-state index in [9.17, 15) is 5.11 Å². The molecule has 102 valence electrons. The molecule has 3 heteroatoms. The van der Waals surface area contributed by atoms with Gasteiger partial charge in [0.1, 0.15) is 0 Å². The van der Waals surface area contributed by atoms with Crippen LogP contribution in [0, 0.1) is 11.8 Å². The van der Waals surface area contributed by atoms with Gasteiger partial charge in [-0.05, 0) is 30.5 Å². The van der Waals surface area contributed by atoms with E-state index in [-0.39, 0.29) is 5.92 Å². The summed E-state index contributed by atoms with van der Waals surface area (Å²) in [5.41, 5.74) is 7.63. The van der Waals surface area contributed by atoms with Crippen LogP contribution in [0.15, 0.2) is 36.4 Å². The van der Waals surface area contributed by atoms with E-state index in [1.807, 2.05) is 30.3 Å². The van der Waals surface area contributed by atoms with Crippen LogP contribution in [-0.4, -0.2) is 22.7 Å². The Morgan fingerprint density at radius 1 is 1.16 bits per heavy atom. The fourth-order valence-corrected chi connectivity index (χ4v) is 2.46. The summed E-state index contributed by atoms with van der Waals surface area (Å²) in [6, 6.07) is 12.1. The van der Waals surface area contributed by atoms with Crippen LogP contribution in [0.25, 0.3) is 10.9 Å². The van der Waals surface area contributed by atoms with Gasteiger partial charge in [0.25, 0.3) is 0 Å². The van der Waals surface area contributed by atoms with Crippen molar-refractivity contribution in [1.82, 2.24) is 4.98 Å². The zero-order chi connectivity index (χ0) is 13.8. The van der Waals surface area contributed by atoms with Gasteiger partial charge in [-0.2, -0.15) is 0 Å². The smallest absolute Gasteiger partial charge is 0.0705 e. The Balaban J connectivity index is 2.16. The Morgan fingerprint density at radius 2 is 1.89 bits per heavy atom. The Kier molecular flexibility index (Phi) is 4.51. The third-order valence-electron chi connectivity index (χ3n) is 3.70. The van der Waals surface area contributed by atoms with Crippen LogP contribution in [-0.2, 0) is 6.42 Å². The maximum absolute atomic E-state index is 10.3. The predicted octanol–water partition coefficient (Wildman–Crippen LogP) is 2.37. The lowest BCUT2D eigenvalue weighted by Crippen LogP contribution is -2.33. The lowest BCUT2D eigenvalue weighted by Gasteiger charge is -2.24. The number of hydrogen-bond acceptors (Lipinski definition) is 3. The molecule has 3 nitrogen and oxygen atoms in total. The maximum atomic E-state index is 10.3. The molecule has 1 heterocycles. The average molecular weight is 258 g/mol. The summed E-state index contributed by atoms with van der Waals surface area (Å²) in [5.74, 6) is 0.494. The van der Waals surface area contributed by atoms with Gasteiger partial charge in [0.2, 0.25) is 0 Å². The van der Waals surface area contributed by atoms with Crippen LogP contribution in [0.2, 0.25) is 0 Å². The standard InChI is InChI=1S/C16H22N2O/c1-11(2)14(10-17)16(19)9-13-8-7-12-5-3-4-6-15(12)18-13/h3-8,11,14,16,19H,9-10,17H2,1-2H3.